The van der Waals surface area contributed by atoms with E-state index in [4.69, 9.17) is 9.47 Å². The van der Waals surface area contributed by atoms with Gasteiger partial charge in [0, 0.05) is 30.0 Å². The van der Waals surface area contributed by atoms with Crippen molar-refractivity contribution in [3.63, 3.8) is 0 Å². The lowest BCUT2D eigenvalue weighted by atomic mass is 10.1. The van der Waals surface area contributed by atoms with Crippen LogP contribution >= 0.6 is 0 Å². The number of phenolic OH excluding ortho intramolecular Hbond substituents is 1. The molecule has 152 valence electrons. The monoisotopic (exact) mass is 411 g/mol. The third-order valence-electron chi connectivity index (χ3n) is 4.75. The Morgan fingerprint density at radius 3 is 2.50 bits per heavy atom. The van der Waals surface area contributed by atoms with Gasteiger partial charge in [-0.2, -0.15) is 0 Å². The van der Waals surface area contributed by atoms with E-state index in [-0.39, 0.29) is 11.5 Å². The molecule has 9 heteroatoms. The van der Waals surface area contributed by atoms with Gasteiger partial charge in [-0.05, 0) is 18.2 Å². The number of H-pyrrole nitrogens is 1. The van der Waals surface area contributed by atoms with Crippen LogP contribution in [0.5, 0.6) is 17.2 Å². The normalized spacial score (nSPS) is 12.9. The molecule has 5 rings (SSSR count). The van der Waals surface area contributed by atoms with Gasteiger partial charge in [0.2, 0.25) is 0 Å². The number of aromatic nitrogens is 2. The molecule has 0 radical (unpaired) electrons. The average Bonchev–Trinajstić information content (AvgIpc) is 3.06. The van der Waals surface area contributed by atoms with Crippen LogP contribution < -0.4 is 20.3 Å². The number of nitrogens with zero attached hydrogens (tertiary/aromatic N) is 1. The van der Waals surface area contributed by atoms with Crippen LogP contribution in [-0.2, 0) is 0 Å². The van der Waals surface area contributed by atoms with Crippen molar-refractivity contribution in [1.82, 2.24) is 9.38 Å². The van der Waals surface area contributed by atoms with E-state index in [1.165, 1.54) is 16.5 Å². The number of ether oxygens (including phenoxy) is 2. The smallest absolute Gasteiger partial charge is 0.257 e. The Bertz CT molecular complexity index is 1320. The number of anilines is 2. The molecule has 0 aliphatic carbocycles. The first-order valence-corrected chi connectivity index (χ1v) is 9.10. The van der Waals surface area contributed by atoms with Gasteiger partial charge in [-0.15, -0.1) is 0 Å². The van der Waals surface area contributed by atoms with E-state index in [0.29, 0.717) is 36.0 Å². The SMILES string of the molecule is O=c1cccc2[nH]c(-c3c(F)cc(O)cc3F)c(Nc3ccc4c(c3)OCCO4)n12. The number of hydrogen-bond acceptors (Lipinski definition) is 5. The molecule has 7 nitrogen and oxygen atoms in total. The van der Waals surface area contributed by atoms with Crippen molar-refractivity contribution in [1.29, 1.82) is 0 Å². The van der Waals surface area contributed by atoms with Gasteiger partial charge in [-0.3, -0.25) is 4.79 Å². The second kappa shape index (κ2) is 6.80. The van der Waals surface area contributed by atoms with Crippen LogP contribution in [-0.4, -0.2) is 27.7 Å². The van der Waals surface area contributed by atoms with Gasteiger partial charge in [0.25, 0.3) is 5.56 Å². The minimum Gasteiger partial charge on any atom is -0.508 e. The minimum atomic E-state index is -0.975. The highest BCUT2D eigenvalue weighted by Crippen LogP contribution is 2.37. The maximum atomic E-state index is 14.6. The number of aromatic amines is 1. The van der Waals surface area contributed by atoms with Crippen LogP contribution in [0.4, 0.5) is 20.3 Å². The molecular formula is C21H15F2N3O4. The summed E-state index contributed by atoms with van der Waals surface area (Å²) in [6.45, 7) is 0.847. The molecule has 0 spiro atoms. The number of phenols is 1. The molecule has 1 aliphatic heterocycles. The summed E-state index contributed by atoms with van der Waals surface area (Å²) in [5, 5.41) is 12.5. The summed E-state index contributed by atoms with van der Waals surface area (Å²) in [7, 11) is 0. The number of benzene rings is 2. The highest BCUT2D eigenvalue weighted by Gasteiger charge is 2.22. The Hall–Kier alpha value is -4.01. The number of pyridine rings is 1. The number of hydrogen-bond donors (Lipinski definition) is 3. The zero-order chi connectivity index (χ0) is 20.8. The summed E-state index contributed by atoms with van der Waals surface area (Å²) >= 11 is 0. The number of aromatic hydroxyl groups is 1. The Morgan fingerprint density at radius 1 is 1.00 bits per heavy atom. The quantitative estimate of drug-likeness (QED) is 0.477. The second-order valence-corrected chi connectivity index (χ2v) is 6.70. The molecule has 30 heavy (non-hydrogen) atoms. The highest BCUT2D eigenvalue weighted by atomic mass is 19.1. The van der Waals surface area contributed by atoms with Crippen molar-refractivity contribution >= 4 is 17.2 Å². The zero-order valence-corrected chi connectivity index (χ0v) is 15.4. The van der Waals surface area contributed by atoms with Crippen molar-refractivity contribution in [2.45, 2.75) is 0 Å². The molecule has 4 aromatic rings. The number of imidazole rings is 1. The number of nitrogens with one attached hydrogen (secondary N) is 2. The van der Waals surface area contributed by atoms with Gasteiger partial charge in [0.15, 0.2) is 11.5 Å². The van der Waals surface area contributed by atoms with Crippen molar-refractivity contribution in [3.8, 4) is 28.5 Å². The fourth-order valence-corrected chi connectivity index (χ4v) is 3.47. The standard InChI is InChI=1S/C21H15F2N3O4/c22-13-9-12(27)10-14(23)19(13)20-21(26-17(25-20)2-1-3-18(26)28)24-11-4-5-15-16(8-11)30-7-6-29-15/h1-5,8-10,24-25,27H,6-7H2. The molecule has 0 unspecified atom stereocenters. The topological polar surface area (TPSA) is 88.0 Å². The largest absolute Gasteiger partial charge is 0.508 e. The van der Waals surface area contributed by atoms with Crippen molar-refractivity contribution in [2.24, 2.45) is 0 Å². The van der Waals surface area contributed by atoms with Gasteiger partial charge < -0.3 is 24.9 Å². The van der Waals surface area contributed by atoms with E-state index in [1.807, 2.05) is 0 Å². The minimum absolute atomic E-state index is 0.0168. The Balaban J connectivity index is 1.71. The molecular weight excluding hydrogens is 396 g/mol. The van der Waals surface area contributed by atoms with Gasteiger partial charge in [-0.25, -0.2) is 13.2 Å². The van der Waals surface area contributed by atoms with E-state index >= 15 is 0 Å². The number of rotatable bonds is 3. The Kier molecular flexibility index (Phi) is 4.09. The van der Waals surface area contributed by atoms with Crippen LogP contribution in [0.1, 0.15) is 0 Å². The molecule has 0 bridgehead atoms. The van der Waals surface area contributed by atoms with Crippen molar-refractivity contribution < 1.29 is 23.4 Å². The predicted molar refractivity (Wildman–Crippen MR) is 106 cm³/mol. The summed E-state index contributed by atoms with van der Waals surface area (Å²) in [5.74, 6) is -1.26. The lowest BCUT2D eigenvalue weighted by molar-refractivity contribution is 0.171. The molecule has 2 aromatic carbocycles. The molecule has 2 aromatic heterocycles. The summed E-state index contributed by atoms with van der Waals surface area (Å²) in [4.78, 5) is 15.4. The van der Waals surface area contributed by atoms with Crippen LogP contribution in [0.3, 0.4) is 0 Å². The van der Waals surface area contributed by atoms with Crippen LogP contribution in [0, 0.1) is 11.6 Å². The molecule has 0 amide bonds. The summed E-state index contributed by atoms with van der Waals surface area (Å²) in [6.07, 6.45) is 0. The summed E-state index contributed by atoms with van der Waals surface area (Å²) in [5.41, 5.74) is 0.0786. The van der Waals surface area contributed by atoms with Crippen LogP contribution in [0.2, 0.25) is 0 Å². The first kappa shape index (κ1) is 18.0. The number of halogens is 2. The average molecular weight is 411 g/mol. The maximum Gasteiger partial charge on any atom is 0.257 e. The number of fused-ring (bicyclic) bond motifs is 2. The van der Waals surface area contributed by atoms with E-state index < -0.39 is 28.5 Å². The fraction of sp³-hybridized carbons (Fsp3) is 0.0952. The van der Waals surface area contributed by atoms with E-state index in [2.05, 4.69) is 10.3 Å². The third kappa shape index (κ3) is 2.91. The maximum absolute atomic E-state index is 14.6. The lowest BCUT2D eigenvalue weighted by Crippen LogP contribution is -2.15. The van der Waals surface area contributed by atoms with Crippen molar-refractivity contribution in [3.05, 3.63) is 70.5 Å². The highest BCUT2D eigenvalue weighted by molar-refractivity contribution is 5.81. The zero-order valence-electron chi connectivity index (χ0n) is 15.4. The molecule has 0 fully saturated rings. The van der Waals surface area contributed by atoms with Gasteiger partial charge in [0.1, 0.15) is 42.1 Å². The molecule has 0 saturated carbocycles. The van der Waals surface area contributed by atoms with Gasteiger partial charge in [0.05, 0.1) is 11.3 Å². The molecule has 3 heterocycles. The van der Waals surface area contributed by atoms with E-state index in [0.717, 1.165) is 12.1 Å². The van der Waals surface area contributed by atoms with Gasteiger partial charge >= 0.3 is 0 Å². The molecule has 1 aliphatic rings. The lowest BCUT2D eigenvalue weighted by Gasteiger charge is -2.19. The molecule has 0 atom stereocenters. The second-order valence-electron chi connectivity index (χ2n) is 6.70. The van der Waals surface area contributed by atoms with E-state index in [9.17, 15) is 18.7 Å². The van der Waals surface area contributed by atoms with Crippen molar-refractivity contribution in [2.75, 3.05) is 18.5 Å². The van der Waals surface area contributed by atoms with Gasteiger partial charge in [-0.1, -0.05) is 6.07 Å². The molecule has 3 N–H and O–H groups in total. The van der Waals surface area contributed by atoms with Crippen LogP contribution in [0.15, 0.2) is 53.3 Å². The summed E-state index contributed by atoms with van der Waals surface area (Å²) < 4.78 is 41.5. The summed E-state index contributed by atoms with van der Waals surface area (Å²) in [6, 6.07) is 11.2. The van der Waals surface area contributed by atoms with Crippen LogP contribution in [0.25, 0.3) is 16.9 Å². The Labute approximate surface area is 168 Å². The Morgan fingerprint density at radius 2 is 1.73 bits per heavy atom. The van der Waals surface area contributed by atoms with E-state index in [1.54, 1.807) is 24.3 Å². The fourth-order valence-electron chi connectivity index (χ4n) is 3.47. The first-order chi connectivity index (χ1) is 14.5. The predicted octanol–water partition coefficient (Wildman–Crippen LogP) is 3.79. The molecule has 0 saturated heterocycles. The third-order valence-corrected chi connectivity index (χ3v) is 4.75. The first-order valence-electron chi connectivity index (χ1n) is 9.10.